The van der Waals surface area contributed by atoms with Crippen molar-refractivity contribution in [3.63, 3.8) is 0 Å². The van der Waals surface area contributed by atoms with E-state index >= 15 is 0 Å². The van der Waals surface area contributed by atoms with Crippen molar-refractivity contribution in [1.82, 2.24) is 0 Å². The third-order valence-electron chi connectivity index (χ3n) is 3.00. The van der Waals surface area contributed by atoms with Crippen LogP contribution >= 0.6 is 0 Å². The van der Waals surface area contributed by atoms with Gasteiger partial charge in [-0.15, -0.1) is 0 Å². The van der Waals surface area contributed by atoms with Crippen LogP contribution in [0.15, 0.2) is 36.4 Å². The summed E-state index contributed by atoms with van der Waals surface area (Å²) in [6.07, 6.45) is 0. The van der Waals surface area contributed by atoms with Gasteiger partial charge in [0.25, 0.3) is 0 Å². The van der Waals surface area contributed by atoms with Crippen molar-refractivity contribution in [3.05, 3.63) is 64.7 Å². The molecule has 0 atom stereocenters. The average molecular weight is 276 g/mol. The number of hydrogen-bond donors (Lipinski definition) is 2. The molecular weight excluding hydrogens is 262 g/mol. The number of amides is 1. The van der Waals surface area contributed by atoms with Crippen molar-refractivity contribution in [2.24, 2.45) is 5.73 Å². The first-order valence-corrected chi connectivity index (χ1v) is 6.05. The Labute approximate surface area is 115 Å². The lowest BCUT2D eigenvalue weighted by atomic mass is 10.1. The Kier molecular flexibility index (Phi) is 3.98. The normalized spacial score (nSPS) is 10.3. The van der Waals surface area contributed by atoms with Crippen LogP contribution in [0.5, 0.6) is 0 Å². The Balaban J connectivity index is 2.19. The van der Waals surface area contributed by atoms with Crippen LogP contribution in [0.25, 0.3) is 0 Å². The maximum absolute atomic E-state index is 13.1. The standard InChI is InChI=1S/C15H14F2N2O/c1-9-13(15(18)20)3-2-4-14(9)19-8-10-5-11(16)7-12(17)6-10/h2-7,19H,8H2,1H3,(H2,18,20). The minimum absolute atomic E-state index is 0.248. The minimum Gasteiger partial charge on any atom is -0.381 e. The number of benzene rings is 2. The van der Waals surface area contributed by atoms with E-state index < -0.39 is 17.5 Å². The lowest BCUT2D eigenvalue weighted by Gasteiger charge is -2.12. The highest BCUT2D eigenvalue weighted by Crippen LogP contribution is 2.19. The number of nitrogens with two attached hydrogens (primary N) is 1. The van der Waals surface area contributed by atoms with Crippen LogP contribution in [0, 0.1) is 18.6 Å². The number of primary amides is 1. The molecule has 2 aromatic carbocycles. The summed E-state index contributed by atoms with van der Waals surface area (Å²) in [6.45, 7) is 2.01. The predicted molar refractivity (Wildman–Crippen MR) is 73.4 cm³/mol. The minimum atomic E-state index is -0.621. The number of carbonyl (C=O) groups is 1. The molecular formula is C15H14F2N2O. The molecule has 5 heteroatoms. The van der Waals surface area contributed by atoms with Gasteiger partial charge in [0.05, 0.1) is 0 Å². The quantitative estimate of drug-likeness (QED) is 0.902. The second kappa shape index (κ2) is 5.69. The van der Waals surface area contributed by atoms with Gasteiger partial charge in [-0.25, -0.2) is 8.78 Å². The van der Waals surface area contributed by atoms with Gasteiger partial charge in [-0.3, -0.25) is 4.79 Å². The van der Waals surface area contributed by atoms with Crippen LogP contribution in [0.1, 0.15) is 21.5 Å². The van der Waals surface area contributed by atoms with Gasteiger partial charge in [-0.05, 0) is 42.3 Å². The Morgan fingerprint density at radius 3 is 2.45 bits per heavy atom. The number of carbonyl (C=O) groups excluding carboxylic acids is 1. The third-order valence-corrected chi connectivity index (χ3v) is 3.00. The van der Waals surface area contributed by atoms with Crippen molar-refractivity contribution in [2.45, 2.75) is 13.5 Å². The molecule has 104 valence electrons. The first-order valence-electron chi connectivity index (χ1n) is 6.05. The summed E-state index contributed by atoms with van der Waals surface area (Å²) in [6, 6.07) is 8.43. The molecule has 2 aromatic rings. The number of anilines is 1. The summed E-state index contributed by atoms with van der Waals surface area (Å²) in [5, 5.41) is 3.04. The summed E-state index contributed by atoms with van der Waals surface area (Å²) in [7, 11) is 0. The SMILES string of the molecule is Cc1c(NCc2cc(F)cc(F)c2)cccc1C(N)=O. The van der Waals surface area contributed by atoms with E-state index in [-0.39, 0.29) is 6.54 Å². The smallest absolute Gasteiger partial charge is 0.249 e. The van der Waals surface area contributed by atoms with Gasteiger partial charge >= 0.3 is 0 Å². The second-order valence-electron chi connectivity index (χ2n) is 4.47. The van der Waals surface area contributed by atoms with Crippen LogP contribution in [0.4, 0.5) is 14.5 Å². The first kappa shape index (κ1) is 14.0. The van der Waals surface area contributed by atoms with Crippen molar-refractivity contribution in [3.8, 4) is 0 Å². The zero-order chi connectivity index (χ0) is 14.7. The number of nitrogens with one attached hydrogen (secondary N) is 1. The topological polar surface area (TPSA) is 55.1 Å². The zero-order valence-corrected chi connectivity index (χ0v) is 10.9. The molecule has 0 aliphatic carbocycles. The number of hydrogen-bond acceptors (Lipinski definition) is 2. The van der Waals surface area contributed by atoms with E-state index in [4.69, 9.17) is 5.73 Å². The predicted octanol–water partition coefficient (Wildman–Crippen LogP) is 2.98. The molecule has 0 spiro atoms. The fourth-order valence-corrected chi connectivity index (χ4v) is 2.00. The molecule has 1 amide bonds. The molecule has 3 nitrogen and oxygen atoms in total. The second-order valence-corrected chi connectivity index (χ2v) is 4.47. The highest BCUT2D eigenvalue weighted by atomic mass is 19.1. The van der Waals surface area contributed by atoms with E-state index in [9.17, 15) is 13.6 Å². The van der Waals surface area contributed by atoms with E-state index in [0.29, 0.717) is 22.4 Å². The van der Waals surface area contributed by atoms with Crippen LogP contribution in [0.3, 0.4) is 0 Å². The third kappa shape index (κ3) is 3.12. The maximum Gasteiger partial charge on any atom is 0.249 e. The van der Waals surface area contributed by atoms with Gasteiger partial charge < -0.3 is 11.1 Å². The first-order chi connectivity index (χ1) is 9.47. The van der Waals surface area contributed by atoms with Crippen molar-refractivity contribution < 1.29 is 13.6 Å². The van der Waals surface area contributed by atoms with E-state index in [1.807, 2.05) is 0 Å². The molecule has 20 heavy (non-hydrogen) atoms. The van der Waals surface area contributed by atoms with E-state index in [0.717, 1.165) is 6.07 Å². The van der Waals surface area contributed by atoms with Gasteiger partial charge in [-0.1, -0.05) is 6.07 Å². The van der Waals surface area contributed by atoms with E-state index in [1.165, 1.54) is 12.1 Å². The largest absolute Gasteiger partial charge is 0.381 e. The molecule has 0 bridgehead atoms. The van der Waals surface area contributed by atoms with Gasteiger partial charge in [-0.2, -0.15) is 0 Å². The molecule has 0 saturated heterocycles. The Morgan fingerprint density at radius 2 is 1.85 bits per heavy atom. The molecule has 0 radical (unpaired) electrons. The number of halogens is 2. The highest BCUT2D eigenvalue weighted by molar-refractivity contribution is 5.95. The number of rotatable bonds is 4. The molecule has 0 aliphatic rings. The molecule has 0 heterocycles. The Bertz CT molecular complexity index is 636. The van der Waals surface area contributed by atoms with Gasteiger partial charge in [0.2, 0.25) is 5.91 Å². The molecule has 0 aliphatic heterocycles. The highest BCUT2D eigenvalue weighted by Gasteiger charge is 2.08. The monoisotopic (exact) mass is 276 g/mol. The fraction of sp³-hybridized carbons (Fsp3) is 0.133. The zero-order valence-electron chi connectivity index (χ0n) is 10.9. The molecule has 0 aromatic heterocycles. The summed E-state index contributed by atoms with van der Waals surface area (Å²) in [5.74, 6) is -1.75. The molecule has 2 rings (SSSR count). The van der Waals surface area contributed by atoms with E-state index in [2.05, 4.69) is 5.32 Å². The fourth-order valence-electron chi connectivity index (χ4n) is 2.00. The molecule has 0 unspecified atom stereocenters. The summed E-state index contributed by atoms with van der Waals surface area (Å²) >= 11 is 0. The average Bonchev–Trinajstić information content (AvgIpc) is 2.36. The Hall–Kier alpha value is -2.43. The van der Waals surface area contributed by atoms with Crippen LogP contribution in [-0.2, 0) is 6.54 Å². The van der Waals surface area contributed by atoms with Gasteiger partial charge in [0.15, 0.2) is 0 Å². The lowest BCUT2D eigenvalue weighted by Crippen LogP contribution is -2.14. The molecule has 3 N–H and O–H groups in total. The van der Waals surface area contributed by atoms with Crippen molar-refractivity contribution in [2.75, 3.05) is 5.32 Å². The summed E-state index contributed by atoms with van der Waals surface area (Å²) in [5.41, 5.74) is 7.57. The van der Waals surface area contributed by atoms with Gasteiger partial charge in [0, 0.05) is 23.9 Å². The van der Waals surface area contributed by atoms with Crippen LogP contribution in [-0.4, -0.2) is 5.91 Å². The maximum atomic E-state index is 13.1. The van der Waals surface area contributed by atoms with Crippen molar-refractivity contribution >= 4 is 11.6 Å². The van der Waals surface area contributed by atoms with Crippen molar-refractivity contribution in [1.29, 1.82) is 0 Å². The Morgan fingerprint density at radius 1 is 1.20 bits per heavy atom. The molecule has 0 fully saturated rings. The summed E-state index contributed by atoms with van der Waals surface area (Å²) < 4.78 is 26.1. The lowest BCUT2D eigenvalue weighted by molar-refractivity contribution is 0.1000. The molecule has 0 saturated carbocycles. The van der Waals surface area contributed by atoms with Crippen LogP contribution < -0.4 is 11.1 Å². The van der Waals surface area contributed by atoms with E-state index in [1.54, 1.807) is 25.1 Å². The van der Waals surface area contributed by atoms with Gasteiger partial charge in [0.1, 0.15) is 11.6 Å². The summed E-state index contributed by atoms with van der Waals surface area (Å²) in [4.78, 5) is 11.2. The van der Waals surface area contributed by atoms with Crippen LogP contribution in [0.2, 0.25) is 0 Å².